The van der Waals surface area contributed by atoms with E-state index < -0.39 is 0 Å². The van der Waals surface area contributed by atoms with Crippen molar-refractivity contribution in [1.29, 1.82) is 0 Å². The summed E-state index contributed by atoms with van der Waals surface area (Å²) in [7, 11) is 0. The van der Waals surface area contributed by atoms with E-state index in [2.05, 4.69) is 31.3 Å². The molecule has 3 heterocycles. The first kappa shape index (κ1) is 14.0. The number of hydrogen-bond donors (Lipinski definition) is 1. The molecule has 1 N–H and O–H groups in total. The zero-order valence-corrected chi connectivity index (χ0v) is 13.7. The Morgan fingerprint density at radius 2 is 2.09 bits per heavy atom. The average molecular weight is 369 g/mol. The standard InChI is InChI=1S/C17H13BrN4O/c18-13-4-1-3-12(9-13)15-11-20-17-7-6-16(21-22(15)17)19-10-14-5-2-8-23-14/h1-9,11H,10H2,(H,19,21). The fraction of sp³-hybridized carbons (Fsp3) is 0.0588. The van der Waals surface area contributed by atoms with Gasteiger partial charge in [-0.25, -0.2) is 9.50 Å². The van der Waals surface area contributed by atoms with Crippen LogP contribution in [0.2, 0.25) is 0 Å². The van der Waals surface area contributed by atoms with Crippen molar-refractivity contribution in [1.82, 2.24) is 14.6 Å². The summed E-state index contributed by atoms with van der Waals surface area (Å²) in [6.45, 7) is 0.590. The summed E-state index contributed by atoms with van der Waals surface area (Å²) in [6, 6.07) is 15.7. The number of fused-ring (bicyclic) bond motifs is 1. The first-order valence-electron chi connectivity index (χ1n) is 7.16. The van der Waals surface area contributed by atoms with Crippen LogP contribution in [0.4, 0.5) is 5.82 Å². The highest BCUT2D eigenvalue weighted by Crippen LogP contribution is 2.24. The normalized spacial score (nSPS) is 11.0. The van der Waals surface area contributed by atoms with Gasteiger partial charge in [0.25, 0.3) is 0 Å². The largest absolute Gasteiger partial charge is 0.467 e. The monoisotopic (exact) mass is 368 g/mol. The van der Waals surface area contributed by atoms with Gasteiger partial charge in [0, 0.05) is 10.0 Å². The van der Waals surface area contributed by atoms with E-state index in [1.54, 1.807) is 6.26 Å². The second-order valence-corrected chi connectivity index (χ2v) is 5.99. The summed E-state index contributed by atoms with van der Waals surface area (Å²) in [6.07, 6.45) is 3.50. The Hall–Kier alpha value is -2.60. The number of furan rings is 1. The number of anilines is 1. The number of nitrogens with zero attached hydrogens (tertiary/aromatic N) is 3. The summed E-state index contributed by atoms with van der Waals surface area (Å²) in [4.78, 5) is 4.41. The number of aromatic nitrogens is 3. The van der Waals surface area contributed by atoms with Crippen LogP contribution in [0.25, 0.3) is 16.9 Å². The summed E-state index contributed by atoms with van der Waals surface area (Å²) in [5.41, 5.74) is 2.81. The molecule has 114 valence electrons. The summed E-state index contributed by atoms with van der Waals surface area (Å²) in [5, 5.41) is 7.88. The zero-order valence-electron chi connectivity index (χ0n) is 12.1. The van der Waals surface area contributed by atoms with E-state index in [0.29, 0.717) is 6.54 Å². The fourth-order valence-corrected chi connectivity index (χ4v) is 2.80. The van der Waals surface area contributed by atoms with Crippen molar-refractivity contribution >= 4 is 27.4 Å². The molecule has 0 atom stereocenters. The molecule has 0 aliphatic heterocycles. The van der Waals surface area contributed by atoms with Crippen molar-refractivity contribution < 1.29 is 4.42 Å². The predicted octanol–water partition coefficient (Wildman–Crippen LogP) is 4.36. The smallest absolute Gasteiger partial charge is 0.154 e. The van der Waals surface area contributed by atoms with Crippen molar-refractivity contribution in [2.24, 2.45) is 0 Å². The third-order valence-electron chi connectivity index (χ3n) is 3.51. The molecule has 0 spiro atoms. The van der Waals surface area contributed by atoms with E-state index >= 15 is 0 Å². The third kappa shape index (κ3) is 2.85. The molecule has 0 saturated heterocycles. The number of hydrogen-bond acceptors (Lipinski definition) is 4. The first-order valence-corrected chi connectivity index (χ1v) is 7.96. The molecule has 0 fully saturated rings. The fourth-order valence-electron chi connectivity index (χ4n) is 2.40. The van der Waals surface area contributed by atoms with Crippen molar-refractivity contribution in [3.05, 3.63) is 71.2 Å². The van der Waals surface area contributed by atoms with Gasteiger partial charge in [-0.3, -0.25) is 0 Å². The highest BCUT2D eigenvalue weighted by atomic mass is 79.9. The molecule has 0 radical (unpaired) electrons. The lowest BCUT2D eigenvalue weighted by Gasteiger charge is -2.06. The van der Waals surface area contributed by atoms with Crippen LogP contribution < -0.4 is 5.32 Å². The van der Waals surface area contributed by atoms with Gasteiger partial charge >= 0.3 is 0 Å². The summed E-state index contributed by atoms with van der Waals surface area (Å²) in [5.74, 6) is 1.63. The summed E-state index contributed by atoms with van der Waals surface area (Å²) < 4.78 is 8.18. The third-order valence-corrected chi connectivity index (χ3v) is 4.00. The van der Waals surface area contributed by atoms with E-state index in [0.717, 1.165) is 33.0 Å². The van der Waals surface area contributed by atoms with Crippen LogP contribution in [0.5, 0.6) is 0 Å². The van der Waals surface area contributed by atoms with Crippen LogP contribution in [0, 0.1) is 0 Å². The molecule has 4 aromatic rings. The minimum atomic E-state index is 0.590. The number of benzene rings is 1. The van der Waals surface area contributed by atoms with Gasteiger partial charge in [-0.1, -0.05) is 28.1 Å². The van der Waals surface area contributed by atoms with Crippen LogP contribution in [-0.4, -0.2) is 14.6 Å². The van der Waals surface area contributed by atoms with Gasteiger partial charge in [-0.15, -0.1) is 5.10 Å². The lowest BCUT2D eigenvalue weighted by Crippen LogP contribution is -2.04. The maximum Gasteiger partial charge on any atom is 0.154 e. The van der Waals surface area contributed by atoms with E-state index in [9.17, 15) is 0 Å². The van der Waals surface area contributed by atoms with Crippen molar-refractivity contribution in [2.75, 3.05) is 5.32 Å². The maximum absolute atomic E-state index is 5.32. The molecular formula is C17H13BrN4O. The highest BCUT2D eigenvalue weighted by molar-refractivity contribution is 9.10. The predicted molar refractivity (Wildman–Crippen MR) is 92.2 cm³/mol. The molecule has 4 rings (SSSR count). The van der Waals surface area contributed by atoms with E-state index in [1.165, 1.54) is 0 Å². The number of halogens is 1. The first-order chi connectivity index (χ1) is 11.3. The van der Waals surface area contributed by atoms with Gasteiger partial charge in [0.1, 0.15) is 11.6 Å². The van der Waals surface area contributed by atoms with Gasteiger partial charge in [0.05, 0.1) is 24.7 Å². The lowest BCUT2D eigenvalue weighted by molar-refractivity contribution is 0.517. The van der Waals surface area contributed by atoms with Crippen LogP contribution >= 0.6 is 15.9 Å². The van der Waals surface area contributed by atoms with Gasteiger partial charge in [0.2, 0.25) is 0 Å². The van der Waals surface area contributed by atoms with Crippen LogP contribution in [0.1, 0.15) is 5.76 Å². The number of imidazole rings is 1. The minimum Gasteiger partial charge on any atom is -0.467 e. The van der Waals surface area contributed by atoms with Gasteiger partial charge in [-0.2, -0.15) is 0 Å². The molecule has 0 bridgehead atoms. The highest BCUT2D eigenvalue weighted by Gasteiger charge is 2.08. The Kier molecular flexibility index (Phi) is 3.59. The molecule has 3 aromatic heterocycles. The van der Waals surface area contributed by atoms with Gasteiger partial charge in [-0.05, 0) is 36.4 Å². The Morgan fingerprint density at radius 1 is 1.13 bits per heavy atom. The Morgan fingerprint density at radius 3 is 2.91 bits per heavy atom. The maximum atomic E-state index is 5.32. The SMILES string of the molecule is Brc1cccc(-c2cnc3ccc(NCc4ccco4)nn23)c1. The van der Waals surface area contributed by atoms with E-state index in [1.807, 2.05) is 59.2 Å². The molecule has 5 nitrogen and oxygen atoms in total. The molecular weight excluding hydrogens is 356 g/mol. The quantitative estimate of drug-likeness (QED) is 0.581. The summed E-state index contributed by atoms with van der Waals surface area (Å²) >= 11 is 3.50. The molecule has 0 aliphatic rings. The molecule has 0 aliphatic carbocycles. The minimum absolute atomic E-state index is 0.590. The molecule has 0 amide bonds. The Labute approximate surface area is 141 Å². The second-order valence-electron chi connectivity index (χ2n) is 5.08. The van der Waals surface area contributed by atoms with Crippen LogP contribution in [-0.2, 0) is 6.54 Å². The van der Waals surface area contributed by atoms with E-state index in [4.69, 9.17) is 4.42 Å². The number of nitrogens with one attached hydrogen (secondary N) is 1. The zero-order chi connectivity index (χ0) is 15.6. The van der Waals surface area contributed by atoms with Crippen LogP contribution in [0.3, 0.4) is 0 Å². The van der Waals surface area contributed by atoms with Crippen molar-refractivity contribution in [3.8, 4) is 11.3 Å². The topological polar surface area (TPSA) is 55.4 Å². The molecule has 0 unspecified atom stereocenters. The molecule has 1 aromatic carbocycles. The van der Waals surface area contributed by atoms with Gasteiger partial charge in [0.15, 0.2) is 5.65 Å². The van der Waals surface area contributed by atoms with Crippen molar-refractivity contribution in [2.45, 2.75) is 6.54 Å². The van der Waals surface area contributed by atoms with Crippen LogP contribution in [0.15, 0.2) is 69.9 Å². The van der Waals surface area contributed by atoms with Gasteiger partial charge < -0.3 is 9.73 Å². The Balaban J connectivity index is 1.68. The Bertz CT molecular complexity index is 946. The lowest BCUT2D eigenvalue weighted by atomic mass is 10.2. The average Bonchev–Trinajstić information content (AvgIpc) is 3.22. The van der Waals surface area contributed by atoms with E-state index in [-0.39, 0.29) is 0 Å². The second kappa shape index (κ2) is 5.89. The van der Waals surface area contributed by atoms with Crippen molar-refractivity contribution in [3.63, 3.8) is 0 Å². The molecule has 23 heavy (non-hydrogen) atoms. The molecule has 0 saturated carbocycles. The molecule has 6 heteroatoms. The number of rotatable bonds is 4.